The molecule has 0 saturated heterocycles. The molecule has 0 saturated carbocycles. The van der Waals surface area contributed by atoms with Gasteiger partial charge in [-0.1, -0.05) is 39.8 Å². The van der Waals surface area contributed by atoms with Gasteiger partial charge in [-0.2, -0.15) is 0 Å². The van der Waals surface area contributed by atoms with Crippen LogP contribution in [0.4, 0.5) is 0 Å². The lowest BCUT2D eigenvalue weighted by Gasteiger charge is -2.00. The maximum Gasteiger partial charge on any atom is 0.0608 e. The van der Waals surface area contributed by atoms with E-state index in [9.17, 15) is 0 Å². The molecule has 1 heterocycles. The summed E-state index contributed by atoms with van der Waals surface area (Å²) in [4.78, 5) is 1.41. The zero-order valence-electron chi connectivity index (χ0n) is 6.04. The van der Waals surface area contributed by atoms with E-state index in [0.29, 0.717) is 0 Å². The highest BCUT2D eigenvalue weighted by Crippen LogP contribution is 2.39. The minimum Gasteiger partial charge on any atom is -0.0790 e. The molecule has 0 nitrogen and oxygen atoms in total. The van der Waals surface area contributed by atoms with Gasteiger partial charge in [0.2, 0.25) is 0 Å². The van der Waals surface area contributed by atoms with Gasteiger partial charge < -0.3 is 0 Å². The lowest BCUT2D eigenvalue weighted by Crippen LogP contribution is -1.83. The molecular weight excluding hydrogens is 172 g/mol. The first kappa shape index (κ1) is 7.56. The molecule has 0 N–H and O–H groups in total. The molecule has 2 radical (unpaired) electrons. The summed E-state index contributed by atoms with van der Waals surface area (Å²) in [5.74, 6) is 3.27. The van der Waals surface area contributed by atoms with Crippen LogP contribution in [0.15, 0.2) is 29.2 Å². The van der Waals surface area contributed by atoms with Gasteiger partial charge in [-0.3, -0.25) is 0 Å². The van der Waals surface area contributed by atoms with E-state index in [-0.39, 0.29) is 0 Å². The predicted octanol–water partition coefficient (Wildman–Crippen LogP) is 3.41. The molecule has 1 aromatic rings. The normalized spacial score (nSPS) is 17.1. The van der Waals surface area contributed by atoms with Crippen molar-refractivity contribution < 1.29 is 0 Å². The standard InChI is InChI=1S/C9H8S2/c1-2-6-9-8(4-1)5-3-7-10-11-9/h1-2,4,6H,3,5H2. The molecule has 56 valence electrons. The summed E-state index contributed by atoms with van der Waals surface area (Å²) in [5.41, 5.74) is 1.47. The molecule has 0 bridgehead atoms. The van der Waals surface area contributed by atoms with Gasteiger partial charge in [-0.05, 0) is 24.5 Å². The van der Waals surface area contributed by atoms with Crippen molar-refractivity contribution in [2.45, 2.75) is 17.7 Å². The Hall–Kier alpha value is -0.0800. The molecule has 1 aliphatic heterocycles. The van der Waals surface area contributed by atoms with Gasteiger partial charge in [-0.25, -0.2) is 0 Å². The van der Waals surface area contributed by atoms with Crippen LogP contribution in [0.3, 0.4) is 0 Å². The molecule has 0 atom stereocenters. The van der Waals surface area contributed by atoms with Crippen LogP contribution >= 0.6 is 21.6 Å². The van der Waals surface area contributed by atoms with E-state index in [1.165, 1.54) is 10.5 Å². The topological polar surface area (TPSA) is 0 Å². The van der Waals surface area contributed by atoms with Crippen LogP contribution in [0.2, 0.25) is 0 Å². The maximum atomic E-state index is 3.27. The van der Waals surface area contributed by atoms with Crippen molar-refractivity contribution in [3.8, 4) is 0 Å². The van der Waals surface area contributed by atoms with Crippen LogP contribution < -0.4 is 0 Å². The fourth-order valence-corrected chi connectivity index (χ4v) is 3.02. The fraction of sp³-hybridized carbons (Fsp3) is 0.222. The van der Waals surface area contributed by atoms with Gasteiger partial charge in [0.15, 0.2) is 0 Å². The van der Waals surface area contributed by atoms with Gasteiger partial charge in [0.05, 0.1) is 5.75 Å². The number of aryl methyl sites for hydroxylation is 1. The van der Waals surface area contributed by atoms with Crippen LogP contribution in [-0.4, -0.2) is 0 Å². The second-order valence-corrected chi connectivity index (χ2v) is 4.48. The maximum absolute atomic E-state index is 3.27. The van der Waals surface area contributed by atoms with Crippen molar-refractivity contribution in [2.75, 3.05) is 0 Å². The molecule has 0 aliphatic carbocycles. The quantitative estimate of drug-likeness (QED) is 0.561. The molecule has 1 aromatic carbocycles. The van der Waals surface area contributed by atoms with Gasteiger partial charge in [0.1, 0.15) is 0 Å². The second-order valence-electron chi connectivity index (χ2n) is 2.42. The Morgan fingerprint density at radius 3 is 3.18 bits per heavy atom. The van der Waals surface area contributed by atoms with Crippen LogP contribution in [0.5, 0.6) is 0 Å². The zero-order valence-corrected chi connectivity index (χ0v) is 7.67. The molecule has 2 rings (SSSR count). The summed E-state index contributed by atoms with van der Waals surface area (Å²) in [6, 6.07) is 8.59. The van der Waals surface area contributed by atoms with E-state index in [2.05, 4.69) is 30.0 Å². The average Bonchev–Trinajstić information content (AvgIpc) is 2.28. The Labute approximate surface area is 75.2 Å². The van der Waals surface area contributed by atoms with Crippen molar-refractivity contribution in [3.63, 3.8) is 0 Å². The Kier molecular flexibility index (Phi) is 2.44. The minimum absolute atomic E-state index is 1.08. The average molecular weight is 180 g/mol. The van der Waals surface area contributed by atoms with Gasteiger partial charge in [0, 0.05) is 4.90 Å². The molecule has 0 aromatic heterocycles. The van der Waals surface area contributed by atoms with Gasteiger partial charge >= 0.3 is 0 Å². The summed E-state index contributed by atoms with van der Waals surface area (Å²) in [5, 5.41) is 0. The molecule has 2 heteroatoms. The highest BCUT2D eigenvalue weighted by atomic mass is 33.1. The Morgan fingerprint density at radius 1 is 1.27 bits per heavy atom. The first-order valence-electron chi connectivity index (χ1n) is 3.61. The SMILES string of the molecule is [C]1CCc2ccccc2SS1. The number of hydrogen-bond acceptors (Lipinski definition) is 2. The lowest BCUT2D eigenvalue weighted by molar-refractivity contribution is 0.962. The minimum atomic E-state index is 1.08. The van der Waals surface area contributed by atoms with Crippen LogP contribution in [0, 0.1) is 5.75 Å². The van der Waals surface area contributed by atoms with Gasteiger partial charge in [-0.15, -0.1) is 0 Å². The molecule has 0 amide bonds. The van der Waals surface area contributed by atoms with Crippen LogP contribution in [0.1, 0.15) is 12.0 Å². The van der Waals surface area contributed by atoms with Crippen molar-refractivity contribution in [1.82, 2.24) is 0 Å². The van der Waals surface area contributed by atoms with Crippen LogP contribution in [0.25, 0.3) is 0 Å². The Bertz CT molecular complexity index is 220. The summed E-state index contributed by atoms with van der Waals surface area (Å²) in [6.45, 7) is 0. The van der Waals surface area contributed by atoms with E-state index in [4.69, 9.17) is 0 Å². The number of hydrogen-bond donors (Lipinski definition) is 0. The lowest BCUT2D eigenvalue weighted by atomic mass is 10.1. The third-order valence-electron chi connectivity index (χ3n) is 1.66. The third-order valence-corrected chi connectivity index (χ3v) is 3.78. The van der Waals surface area contributed by atoms with E-state index in [1.807, 2.05) is 10.8 Å². The molecular formula is C9H8S2. The van der Waals surface area contributed by atoms with E-state index in [0.717, 1.165) is 12.8 Å². The molecule has 0 unspecified atom stereocenters. The van der Waals surface area contributed by atoms with Crippen molar-refractivity contribution in [3.05, 3.63) is 35.6 Å². The molecule has 0 spiro atoms. The predicted molar refractivity (Wildman–Crippen MR) is 51.5 cm³/mol. The summed E-state index contributed by atoms with van der Waals surface area (Å²) in [6.07, 6.45) is 2.23. The second kappa shape index (κ2) is 3.55. The highest BCUT2D eigenvalue weighted by Gasteiger charge is 2.07. The summed E-state index contributed by atoms with van der Waals surface area (Å²) < 4.78 is 0. The number of rotatable bonds is 0. The summed E-state index contributed by atoms with van der Waals surface area (Å²) >= 11 is 0. The molecule has 1 aliphatic rings. The number of benzene rings is 1. The van der Waals surface area contributed by atoms with Crippen molar-refractivity contribution in [2.24, 2.45) is 0 Å². The monoisotopic (exact) mass is 180 g/mol. The zero-order chi connectivity index (χ0) is 7.52. The highest BCUT2D eigenvalue weighted by molar-refractivity contribution is 8.77. The van der Waals surface area contributed by atoms with Crippen molar-refractivity contribution in [1.29, 1.82) is 0 Å². The first-order chi connectivity index (χ1) is 5.47. The van der Waals surface area contributed by atoms with E-state index >= 15 is 0 Å². The largest absolute Gasteiger partial charge is 0.0790 e. The smallest absolute Gasteiger partial charge is 0.0608 e. The molecule has 11 heavy (non-hydrogen) atoms. The third kappa shape index (κ3) is 1.74. The van der Waals surface area contributed by atoms with Crippen LogP contribution in [-0.2, 0) is 6.42 Å². The Balaban J connectivity index is 2.33. The van der Waals surface area contributed by atoms with Gasteiger partial charge in [0.25, 0.3) is 0 Å². The summed E-state index contributed by atoms with van der Waals surface area (Å²) in [7, 11) is 3.54. The van der Waals surface area contributed by atoms with Crippen molar-refractivity contribution >= 4 is 21.6 Å². The Morgan fingerprint density at radius 2 is 2.18 bits per heavy atom. The number of fused-ring (bicyclic) bond motifs is 1. The molecule has 0 fully saturated rings. The fourth-order valence-electron chi connectivity index (χ4n) is 1.09. The first-order valence-corrected chi connectivity index (χ1v) is 5.76. The van der Waals surface area contributed by atoms with E-state index < -0.39 is 0 Å². The van der Waals surface area contributed by atoms with E-state index in [1.54, 1.807) is 10.8 Å².